The summed E-state index contributed by atoms with van der Waals surface area (Å²) in [4.78, 5) is 8.34. The first kappa shape index (κ1) is 22.0. The number of methoxy groups -OCH3 is 1. The van der Waals surface area contributed by atoms with E-state index >= 15 is 0 Å². The Hall–Kier alpha value is -2.69. The van der Waals surface area contributed by atoms with Crippen molar-refractivity contribution in [1.29, 1.82) is 0 Å². The summed E-state index contributed by atoms with van der Waals surface area (Å²) in [6.45, 7) is 3.95. The van der Waals surface area contributed by atoms with E-state index in [-0.39, 0.29) is 6.61 Å². The molecular weight excluding hydrogens is 396 g/mol. The van der Waals surface area contributed by atoms with E-state index in [1.807, 2.05) is 29.5 Å². The number of nitrogens with one attached hydrogen (secondary N) is 2. The number of aliphatic imine (C=N–C) groups is 1. The van der Waals surface area contributed by atoms with Gasteiger partial charge in [0.05, 0.1) is 13.2 Å². The fraction of sp³-hybridized carbons (Fsp3) is 0.435. The van der Waals surface area contributed by atoms with Gasteiger partial charge in [0.25, 0.3) is 0 Å². The van der Waals surface area contributed by atoms with Gasteiger partial charge in [0, 0.05) is 25.0 Å². The van der Waals surface area contributed by atoms with Crippen LogP contribution in [0.25, 0.3) is 0 Å². The van der Waals surface area contributed by atoms with Gasteiger partial charge in [-0.15, -0.1) is 17.8 Å². The summed E-state index contributed by atoms with van der Waals surface area (Å²) in [5.74, 6) is 4.57. The number of benzene rings is 1. The Kier molecular flexibility index (Phi) is 8.42. The molecule has 0 bridgehead atoms. The average Bonchev–Trinajstić information content (AvgIpc) is 3.49. The van der Waals surface area contributed by atoms with Gasteiger partial charge < -0.3 is 20.1 Å². The smallest absolute Gasteiger partial charge is 0.191 e. The van der Waals surface area contributed by atoms with E-state index in [0.717, 1.165) is 31.2 Å². The third-order valence-electron chi connectivity index (χ3n) is 5.14. The van der Waals surface area contributed by atoms with Gasteiger partial charge in [-0.05, 0) is 55.1 Å². The van der Waals surface area contributed by atoms with Crippen LogP contribution >= 0.6 is 11.3 Å². The first-order chi connectivity index (χ1) is 14.7. The zero-order valence-corrected chi connectivity index (χ0v) is 18.5. The third-order valence-corrected chi connectivity index (χ3v) is 6.11. The van der Waals surface area contributed by atoms with E-state index in [1.165, 1.54) is 17.7 Å². The van der Waals surface area contributed by atoms with Crippen LogP contribution in [-0.2, 0) is 6.54 Å². The van der Waals surface area contributed by atoms with Gasteiger partial charge in [0.2, 0.25) is 0 Å². The van der Waals surface area contributed by atoms with Crippen LogP contribution in [0, 0.1) is 12.3 Å². The SMILES string of the molecule is C#CCOc1cc(CNC(=NC)NCC(c2cccs2)N2CCCC2)ccc1OC. The quantitative estimate of drug-likeness (QED) is 0.366. The standard InChI is InChI=1S/C23H30N4O2S/c1-4-13-29-21-15-18(9-10-20(21)28-3)16-25-23(24-2)26-17-19(22-8-7-14-30-22)27-11-5-6-12-27/h1,7-10,14-15,19H,5-6,11-13,16-17H2,2-3H3,(H2,24,25,26). The van der Waals surface area contributed by atoms with Gasteiger partial charge in [0.15, 0.2) is 17.5 Å². The third kappa shape index (κ3) is 5.91. The van der Waals surface area contributed by atoms with Crippen molar-refractivity contribution in [2.75, 3.05) is 40.4 Å². The number of rotatable bonds is 9. The molecule has 0 spiro atoms. The molecule has 1 aliphatic rings. The summed E-state index contributed by atoms with van der Waals surface area (Å²) in [7, 11) is 3.41. The number of hydrogen-bond donors (Lipinski definition) is 2. The molecule has 1 aromatic carbocycles. The van der Waals surface area contributed by atoms with Crippen molar-refractivity contribution in [3.63, 3.8) is 0 Å². The van der Waals surface area contributed by atoms with E-state index in [0.29, 0.717) is 24.1 Å². The second-order valence-electron chi connectivity index (χ2n) is 7.06. The number of nitrogens with zero attached hydrogens (tertiary/aromatic N) is 2. The minimum Gasteiger partial charge on any atom is -0.493 e. The Morgan fingerprint density at radius 3 is 2.77 bits per heavy atom. The molecule has 1 atom stereocenters. The number of thiophene rings is 1. The van der Waals surface area contributed by atoms with Crippen LogP contribution in [0.15, 0.2) is 40.7 Å². The first-order valence-electron chi connectivity index (χ1n) is 10.2. The van der Waals surface area contributed by atoms with Gasteiger partial charge in [0.1, 0.15) is 6.61 Å². The highest BCUT2D eigenvalue weighted by molar-refractivity contribution is 7.10. The van der Waals surface area contributed by atoms with Gasteiger partial charge in [-0.2, -0.15) is 0 Å². The number of likely N-dealkylation sites (tertiary alicyclic amines) is 1. The summed E-state index contributed by atoms with van der Waals surface area (Å²) in [6.07, 6.45) is 7.85. The molecule has 6 nitrogen and oxygen atoms in total. The fourth-order valence-corrected chi connectivity index (χ4v) is 4.47. The molecule has 0 saturated carbocycles. The second kappa shape index (κ2) is 11.5. The molecule has 1 unspecified atom stereocenters. The molecule has 7 heteroatoms. The lowest BCUT2D eigenvalue weighted by Gasteiger charge is -2.27. The van der Waals surface area contributed by atoms with Gasteiger partial charge >= 0.3 is 0 Å². The maximum absolute atomic E-state index is 5.59. The van der Waals surface area contributed by atoms with Crippen LogP contribution in [0.1, 0.15) is 29.3 Å². The maximum atomic E-state index is 5.59. The van der Waals surface area contributed by atoms with Crippen molar-refractivity contribution in [1.82, 2.24) is 15.5 Å². The predicted octanol–water partition coefficient (Wildman–Crippen LogP) is 3.27. The second-order valence-corrected chi connectivity index (χ2v) is 8.04. The molecule has 1 saturated heterocycles. The van der Waals surface area contributed by atoms with Crippen molar-refractivity contribution in [3.05, 3.63) is 46.2 Å². The normalized spacial score (nSPS) is 15.4. The number of ether oxygens (including phenoxy) is 2. The molecule has 160 valence electrons. The van der Waals surface area contributed by atoms with E-state index in [1.54, 1.807) is 14.2 Å². The summed E-state index contributed by atoms with van der Waals surface area (Å²) in [5.41, 5.74) is 1.06. The lowest BCUT2D eigenvalue weighted by atomic mass is 10.2. The monoisotopic (exact) mass is 426 g/mol. The zero-order chi connectivity index (χ0) is 21.2. The number of guanidine groups is 1. The number of terminal acetylenes is 1. The Labute approximate surface area is 183 Å². The Morgan fingerprint density at radius 1 is 1.27 bits per heavy atom. The molecule has 2 heterocycles. The highest BCUT2D eigenvalue weighted by Crippen LogP contribution is 2.29. The summed E-state index contributed by atoms with van der Waals surface area (Å²) in [5, 5.41) is 9.03. The van der Waals surface area contributed by atoms with Crippen molar-refractivity contribution in [2.24, 2.45) is 4.99 Å². The molecular formula is C23H30N4O2S. The van der Waals surface area contributed by atoms with E-state index in [4.69, 9.17) is 15.9 Å². The minimum absolute atomic E-state index is 0.205. The summed E-state index contributed by atoms with van der Waals surface area (Å²) < 4.78 is 10.9. The molecule has 1 fully saturated rings. The van der Waals surface area contributed by atoms with Crippen LogP contribution < -0.4 is 20.1 Å². The molecule has 0 amide bonds. The van der Waals surface area contributed by atoms with E-state index in [2.05, 4.69) is 44.0 Å². The predicted molar refractivity (Wildman–Crippen MR) is 123 cm³/mol. The molecule has 1 aliphatic heterocycles. The topological polar surface area (TPSA) is 58.1 Å². The highest BCUT2D eigenvalue weighted by atomic mass is 32.1. The van der Waals surface area contributed by atoms with Crippen LogP contribution in [0.3, 0.4) is 0 Å². The van der Waals surface area contributed by atoms with Crippen LogP contribution in [0.4, 0.5) is 0 Å². The average molecular weight is 427 g/mol. The molecule has 3 rings (SSSR count). The Morgan fingerprint density at radius 2 is 2.10 bits per heavy atom. The molecule has 30 heavy (non-hydrogen) atoms. The van der Waals surface area contributed by atoms with Crippen LogP contribution in [0.5, 0.6) is 11.5 Å². The first-order valence-corrected chi connectivity index (χ1v) is 11.1. The summed E-state index contributed by atoms with van der Waals surface area (Å²) >= 11 is 1.82. The summed E-state index contributed by atoms with van der Waals surface area (Å²) in [6, 6.07) is 10.5. The Balaban J connectivity index is 1.58. The van der Waals surface area contributed by atoms with Crippen LogP contribution in [-0.4, -0.2) is 51.3 Å². The lowest BCUT2D eigenvalue weighted by Crippen LogP contribution is -2.42. The van der Waals surface area contributed by atoms with Crippen LogP contribution in [0.2, 0.25) is 0 Å². The minimum atomic E-state index is 0.205. The van der Waals surface area contributed by atoms with Crippen molar-refractivity contribution in [3.8, 4) is 23.8 Å². The van der Waals surface area contributed by atoms with Gasteiger partial charge in [-0.25, -0.2) is 0 Å². The number of hydrogen-bond acceptors (Lipinski definition) is 5. The zero-order valence-electron chi connectivity index (χ0n) is 17.7. The highest BCUT2D eigenvalue weighted by Gasteiger charge is 2.24. The van der Waals surface area contributed by atoms with Gasteiger partial charge in [-0.3, -0.25) is 9.89 Å². The fourth-order valence-electron chi connectivity index (χ4n) is 3.61. The molecule has 2 N–H and O–H groups in total. The van der Waals surface area contributed by atoms with Gasteiger partial charge in [-0.1, -0.05) is 18.1 Å². The lowest BCUT2D eigenvalue weighted by molar-refractivity contribution is 0.249. The van der Waals surface area contributed by atoms with Crippen molar-refractivity contribution >= 4 is 17.3 Å². The van der Waals surface area contributed by atoms with Crippen molar-refractivity contribution in [2.45, 2.75) is 25.4 Å². The van der Waals surface area contributed by atoms with Crippen molar-refractivity contribution < 1.29 is 9.47 Å². The Bertz CT molecular complexity index is 855. The molecule has 1 aromatic heterocycles. The van der Waals surface area contributed by atoms with E-state index in [9.17, 15) is 0 Å². The maximum Gasteiger partial charge on any atom is 0.191 e. The molecule has 0 aliphatic carbocycles. The molecule has 0 radical (unpaired) electrons. The molecule has 2 aromatic rings. The largest absolute Gasteiger partial charge is 0.493 e. The van der Waals surface area contributed by atoms with E-state index < -0.39 is 0 Å².